The van der Waals surface area contributed by atoms with Crippen molar-refractivity contribution in [3.63, 3.8) is 0 Å². The Morgan fingerprint density at radius 3 is 2.41 bits per heavy atom. The summed E-state index contributed by atoms with van der Waals surface area (Å²) < 4.78 is 0. The van der Waals surface area contributed by atoms with E-state index in [1.54, 1.807) is 0 Å². The first-order valence-corrected chi connectivity index (χ1v) is 6.23. The molecule has 17 heavy (non-hydrogen) atoms. The number of nitrogens with two attached hydrogens (primary N) is 1. The van der Waals surface area contributed by atoms with Crippen LogP contribution >= 0.6 is 0 Å². The van der Waals surface area contributed by atoms with E-state index in [0.717, 1.165) is 25.7 Å². The maximum atomic E-state index is 11.9. The Hall–Kier alpha value is -1.46. The fourth-order valence-electron chi connectivity index (χ4n) is 2.28. The minimum atomic E-state index is 0.0349. The summed E-state index contributed by atoms with van der Waals surface area (Å²) in [6.45, 7) is 1.36. The van der Waals surface area contributed by atoms with Gasteiger partial charge in [-0.1, -0.05) is 5.16 Å². The third kappa shape index (κ3) is 2.81. The number of piperidine rings is 1. The van der Waals surface area contributed by atoms with Crippen molar-refractivity contribution in [3.05, 3.63) is 0 Å². The summed E-state index contributed by atoms with van der Waals surface area (Å²) in [5.41, 5.74) is 5.56. The Labute approximate surface area is 101 Å². The molecule has 6 nitrogen and oxygen atoms in total. The van der Waals surface area contributed by atoms with Crippen molar-refractivity contribution in [1.29, 1.82) is 0 Å². The van der Waals surface area contributed by atoms with E-state index < -0.39 is 0 Å². The zero-order valence-electron chi connectivity index (χ0n) is 9.93. The number of nitrogens with one attached hydrogen (secondary N) is 1. The van der Waals surface area contributed by atoms with E-state index in [4.69, 9.17) is 10.9 Å². The molecule has 2 rings (SSSR count). The number of urea groups is 1. The zero-order chi connectivity index (χ0) is 12.3. The van der Waals surface area contributed by atoms with E-state index in [9.17, 15) is 4.79 Å². The summed E-state index contributed by atoms with van der Waals surface area (Å²) in [7, 11) is 0. The predicted octanol–water partition coefficient (Wildman–Crippen LogP) is 0.707. The highest BCUT2D eigenvalue weighted by atomic mass is 16.4. The number of amides is 2. The monoisotopic (exact) mass is 240 g/mol. The Kier molecular flexibility index (Phi) is 3.71. The number of hydrogen-bond donors (Lipinski definition) is 3. The smallest absolute Gasteiger partial charge is 0.317 e. The number of carbonyl (C=O) groups is 1. The van der Waals surface area contributed by atoms with Gasteiger partial charge in [0.05, 0.1) is 0 Å². The van der Waals surface area contributed by atoms with Gasteiger partial charge in [0.15, 0.2) is 0 Å². The van der Waals surface area contributed by atoms with Crippen LogP contribution in [-0.4, -0.2) is 41.1 Å². The van der Waals surface area contributed by atoms with E-state index in [-0.39, 0.29) is 17.8 Å². The maximum absolute atomic E-state index is 11.9. The molecule has 0 spiro atoms. The molecule has 0 aromatic carbocycles. The number of hydrogen-bond acceptors (Lipinski definition) is 3. The van der Waals surface area contributed by atoms with Gasteiger partial charge in [-0.3, -0.25) is 0 Å². The van der Waals surface area contributed by atoms with Gasteiger partial charge in [0.25, 0.3) is 0 Å². The topological polar surface area (TPSA) is 91.0 Å². The minimum absolute atomic E-state index is 0.0349. The average molecular weight is 240 g/mol. The van der Waals surface area contributed by atoms with Gasteiger partial charge in [0.2, 0.25) is 0 Å². The number of amidine groups is 1. The van der Waals surface area contributed by atoms with Gasteiger partial charge in [0.1, 0.15) is 5.84 Å². The van der Waals surface area contributed by atoms with Crippen molar-refractivity contribution in [1.82, 2.24) is 10.2 Å². The molecule has 2 aliphatic rings. The molecule has 1 aliphatic heterocycles. The first-order valence-electron chi connectivity index (χ1n) is 6.23. The second-order valence-electron chi connectivity index (χ2n) is 4.86. The van der Waals surface area contributed by atoms with Crippen molar-refractivity contribution in [2.45, 2.75) is 38.1 Å². The molecule has 96 valence electrons. The second kappa shape index (κ2) is 5.25. The molecule has 0 aromatic rings. The van der Waals surface area contributed by atoms with Crippen molar-refractivity contribution in [2.24, 2.45) is 16.8 Å². The summed E-state index contributed by atoms with van der Waals surface area (Å²) in [5.74, 6) is 0.386. The van der Waals surface area contributed by atoms with Crippen LogP contribution in [0.25, 0.3) is 0 Å². The van der Waals surface area contributed by atoms with E-state index in [1.165, 1.54) is 6.42 Å². The van der Waals surface area contributed by atoms with Gasteiger partial charge in [-0.2, -0.15) is 0 Å². The van der Waals surface area contributed by atoms with Crippen molar-refractivity contribution >= 4 is 11.9 Å². The molecular weight excluding hydrogens is 220 g/mol. The van der Waals surface area contributed by atoms with Gasteiger partial charge in [-0.05, 0) is 32.1 Å². The molecule has 0 radical (unpaired) electrons. The summed E-state index contributed by atoms with van der Waals surface area (Å²) in [6, 6.07) is 0.414. The SMILES string of the molecule is NC(=NO)C1CCN(C(=O)NC2CCC2)CC1. The lowest BCUT2D eigenvalue weighted by molar-refractivity contribution is 0.169. The fraction of sp³-hybridized carbons (Fsp3) is 0.818. The van der Waals surface area contributed by atoms with Crippen LogP contribution in [0.3, 0.4) is 0 Å². The highest BCUT2D eigenvalue weighted by molar-refractivity contribution is 5.82. The molecule has 0 bridgehead atoms. The van der Waals surface area contributed by atoms with E-state index in [1.807, 2.05) is 4.90 Å². The standard InChI is InChI=1S/C11H20N4O2/c12-10(14-17)8-4-6-15(7-5-8)11(16)13-9-2-1-3-9/h8-9,17H,1-7H2,(H2,12,14)(H,13,16). The van der Waals surface area contributed by atoms with Gasteiger partial charge in [-0.25, -0.2) is 4.79 Å². The predicted molar refractivity (Wildman–Crippen MR) is 63.9 cm³/mol. The molecule has 4 N–H and O–H groups in total. The highest BCUT2D eigenvalue weighted by Crippen LogP contribution is 2.20. The molecule has 0 aromatic heterocycles. The molecule has 1 aliphatic carbocycles. The van der Waals surface area contributed by atoms with Crippen LogP contribution in [0, 0.1) is 5.92 Å². The van der Waals surface area contributed by atoms with Crippen LogP contribution in [0.15, 0.2) is 5.16 Å². The van der Waals surface area contributed by atoms with Crippen LogP contribution < -0.4 is 11.1 Å². The Bertz CT molecular complexity index is 307. The summed E-state index contributed by atoms with van der Waals surface area (Å²) in [6.07, 6.45) is 4.97. The number of nitrogens with zero attached hydrogens (tertiary/aromatic N) is 2. The van der Waals surface area contributed by atoms with Crippen LogP contribution in [0.5, 0.6) is 0 Å². The van der Waals surface area contributed by atoms with E-state index in [0.29, 0.717) is 19.1 Å². The lowest BCUT2D eigenvalue weighted by atomic mass is 9.93. The van der Waals surface area contributed by atoms with Crippen LogP contribution in [0.1, 0.15) is 32.1 Å². The number of likely N-dealkylation sites (tertiary alicyclic amines) is 1. The first kappa shape index (κ1) is 12.0. The minimum Gasteiger partial charge on any atom is -0.409 e. The maximum Gasteiger partial charge on any atom is 0.317 e. The molecule has 0 unspecified atom stereocenters. The summed E-state index contributed by atoms with van der Waals surface area (Å²) in [4.78, 5) is 13.7. The third-order valence-electron chi connectivity index (χ3n) is 3.75. The molecule has 2 fully saturated rings. The van der Waals surface area contributed by atoms with Crippen molar-refractivity contribution in [2.75, 3.05) is 13.1 Å². The molecule has 6 heteroatoms. The molecular formula is C11H20N4O2. The fourth-order valence-corrected chi connectivity index (χ4v) is 2.28. The van der Waals surface area contributed by atoms with Crippen LogP contribution in [-0.2, 0) is 0 Å². The van der Waals surface area contributed by atoms with E-state index >= 15 is 0 Å². The quantitative estimate of drug-likeness (QED) is 0.287. The summed E-state index contributed by atoms with van der Waals surface area (Å²) in [5, 5.41) is 14.6. The zero-order valence-corrected chi connectivity index (χ0v) is 9.93. The average Bonchev–Trinajstić information content (AvgIpc) is 2.32. The lowest BCUT2D eigenvalue weighted by Gasteiger charge is -2.34. The Morgan fingerprint density at radius 1 is 1.29 bits per heavy atom. The number of oxime groups is 1. The van der Waals surface area contributed by atoms with Crippen molar-refractivity contribution < 1.29 is 10.0 Å². The second-order valence-corrected chi connectivity index (χ2v) is 4.86. The Balaban J connectivity index is 1.76. The molecule has 1 saturated heterocycles. The van der Waals surface area contributed by atoms with Gasteiger partial charge < -0.3 is 21.2 Å². The third-order valence-corrected chi connectivity index (χ3v) is 3.75. The molecule has 1 heterocycles. The largest absolute Gasteiger partial charge is 0.409 e. The van der Waals surface area contributed by atoms with Gasteiger partial charge in [-0.15, -0.1) is 0 Å². The Morgan fingerprint density at radius 2 is 1.94 bits per heavy atom. The first-order chi connectivity index (χ1) is 8.20. The summed E-state index contributed by atoms with van der Waals surface area (Å²) >= 11 is 0. The molecule has 2 amide bonds. The van der Waals surface area contributed by atoms with Crippen LogP contribution in [0.4, 0.5) is 4.79 Å². The number of carbonyl (C=O) groups excluding carboxylic acids is 1. The lowest BCUT2D eigenvalue weighted by Crippen LogP contribution is -2.50. The van der Waals surface area contributed by atoms with Crippen molar-refractivity contribution in [3.8, 4) is 0 Å². The number of rotatable bonds is 2. The van der Waals surface area contributed by atoms with Crippen LogP contribution in [0.2, 0.25) is 0 Å². The van der Waals surface area contributed by atoms with Gasteiger partial charge >= 0.3 is 6.03 Å². The molecule has 1 saturated carbocycles. The molecule has 0 atom stereocenters. The highest BCUT2D eigenvalue weighted by Gasteiger charge is 2.27. The van der Waals surface area contributed by atoms with Gasteiger partial charge in [0, 0.05) is 25.0 Å². The van der Waals surface area contributed by atoms with E-state index in [2.05, 4.69) is 10.5 Å². The normalized spacial score (nSPS) is 23.3.